The van der Waals surface area contributed by atoms with Gasteiger partial charge in [0.2, 0.25) is 5.91 Å². The van der Waals surface area contributed by atoms with Gasteiger partial charge < -0.3 is 10.1 Å². The number of nitrogens with one attached hydrogen (secondary N) is 3. The van der Waals surface area contributed by atoms with E-state index in [1.54, 1.807) is 21.0 Å². The first-order valence-electron chi connectivity index (χ1n) is 6.96. The predicted molar refractivity (Wildman–Crippen MR) is 81.2 cm³/mol. The summed E-state index contributed by atoms with van der Waals surface area (Å²) in [6.07, 6.45) is 0. The van der Waals surface area contributed by atoms with E-state index in [0.717, 1.165) is 11.3 Å². The largest absolute Gasteiger partial charge is 0.497 e. The molecule has 1 unspecified atom stereocenters. The molecule has 3 amide bonds. The highest BCUT2D eigenvalue weighted by Gasteiger charge is 2.18. The van der Waals surface area contributed by atoms with Crippen LogP contribution in [0.1, 0.15) is 32.4 Å². The zero-order chi connectivity index (χ0) is 15.8. The van der Waals surface area contributed by atoms with Crippen molar-refractivity contribution in [3.63, 3.8) is 0 Å². The Labute approximate surface area is 125 Å². The number of carbonyl (C=O) groups excluding carboxylic acids is 2. The molecule has 1 aromatic rings. The van der Waals surface area contributed by atoms with Gasteiger partial charge >= 0.3 is 6.03 Å². The van der Waals surface area contributed by atoms with Gasteiger partial charge in [0.25, 0.3) is 0 Å². The molecule has 0 aliphatic rings. The third kappa shape index (κ3) is 5.43. The highest BCUT2D eigenvalue weighted by atomic mass is 16.5. The number of rotatable bonds is 6. The van der Waals surface area contributed by atoms with Crippen LogP contribution in [-0.2, 0) is 4.79 Å². The van der Waals surface area contributed by atoms with Crippen molar-refractivity contribution in [2.75, 3.05) is 13.7 Å². The van der Waals surface area contributed by atoms with Crippen LogP contribution < -0.4 is 20.7 Å². The molecule has 0 radical (unpaired) electrons. The van der Waals surface area contributed by atoms with E-state index in [9.17, 15) is 9.59 Å². The zero-order valence-electron chi connectivity index (χ0n) is 12.9. The van der Waals surface area contributed by atoms with Crippen LogP contribution in [0.3, 0.4) is 0 Å². The van der Waals surface area contributed by atoms with Gasteiger partial charge in [-0.15, -0.1) is 0 Å². The van der Waals surface area contributed by atoms with Gasteiger partial charge in [-0.3, -0.25) is 15.4 Å². The van der Waals surface area contributed by atoms with Crippen molar-refractivity contribution in [3.8, 4) is 5.75 Å². The lowest BCUT2D eigenvalue weighted by Gasteiger charge is -2.20. The average molecular weight is 293 g/mol. The molecule has 0 saturated heterocycles. The Morgan fingerprint density at radius 3 is 2.62 bits per heavy atom. The average Bonchev–Trinajstić information content (AvgIpc) is 2.47. The molecule has 1 rings (SSSR count). The lowest BCUT2D eigenvalue weighted by Crippen LogP contribution is -2.48. The summed E-state index contributed by atoms with van der Waals surface area (Å²) in [5.74, 6) is 0.399. The Morgan fingerprint density at radius 2 is 2.00 bits per heavy atom. The van der Waals surface area contributed by atoms with Crippen molar-refractivity contribution in [3.05, 3.63) is 29.8 Å². The first kappa shape index (κ1) is 17.0. The van der Waals surface area contributed by atoms with Crippen molar-refractivity contribution in [2.45, 2.75) is 32.9 Å². The van der Waals surface area contributed by atoms with Crippen LogP contribution in [0.5, 0.6) is 5.75 Å². The summed E-state index contributed by atoms with van der Waals surface area (Å²) in [6, 6.07) is 6.60. The number of ether oxygens (including phenoxy) is 1. The van der Waals surface area contributed by atoms with E-state index < -0.39 is 12.1 Å². The molecule has 6 heteroatoms. The third-order valence-corrected chi connectivity index (χ3v) is 3.06. The van der Waals surface area contributed by atoms with Gasteiger partial charge in [0.1, 0.15) is 5.75 Å². The molecule has 0 aliphatic heterocycles. The Morgan fingerprint density at radius 1 is 1.29 bits per heavy atom. The zero-order valence-corrected chi connectivity index (χ0v) is 12.9. The quantitative estimate of drug-likeness (QED) is 0.744. The summed E-state index contributed by atoms with van der Waals surface area (Å²) in [4.78, 5) is 23.2. The summed E-state index contributed by atoms with van der Waals surface area (Å²) >= 11 is 0. The van der Waals surface area contributed by atoms with Crippen LogP contribution in [0.4, 0.5) is 4.79 Å². The molecule has 0 aliphatic carbocycles. The van der Waals surface area contributed by atoms with Crippen LogP contribution in [-0.4, -0.2) is 31.6 Å². The lowest BCUT2D eigenvalue weighted by atomic mass is 10.1. The van der Waals surface area contributed by atoms with E-state index in [0.29, 0.717) is 6.54 Å². The molecule has 2 atom stereocenters. The topological polar surface area (TPSA) is 79.5 Å². The number of urea groups is 1. The Hall–Kier alpha value is -2.08. The van der Waals surface area contributed by atoms with E-state index in [-0.39, 0.29) is 11.9 Å². The molecular weight excluding hydrogens is 270 g/mol. The van der Waals surface area contributed by atoms with Gasteiger partial charge in [-0.2, -0.15) is 0 Å². The van der Waals surface area contributed by atoms with Crippen molar-refractivity contribution in [1.29, 1.82) is 0 Å². The molecule has 116 valence electrons. The third-order valence-electron chi connectivity index (χ3n) is 3.06. The molecule has 0 aromatic heterocycles. The number of hydrogen-bond donors (Lipinski definition) is 3. The molecule has 6 nitrogen and oxygen atoms in total. The molecule has 0 spiro atoms. The fraction of sp³-hybridized carbons (Fsp3) is 0.467. The highest BCUT2D eigenvalue weighted by Crippen LogP contribution is 2.19. The number of hydrogen-bond acceptors (Lipinski definition) is 4. The first-order valence-corrected chi connectivity index (χ1v) is 6.96. The van der Waals surface area contributed by atoms with Gasteiger partial charge in [-0.05, 0) is 38.5 Å². The summed E-state index contributed by atoms with van der Waals surface area (Å²) in [6.45, 7) is 5.92. The molecule has 0 bridgehead atoms. The number of benzene rings is 1. The molecular formula is C15H23N3O3. The second kappa shape index (κ2) is 8.26. The van der Waals surface area contributed by atoms with Gasteiger partial charge in [0, 0.05) is 12.6 Å². The Balaban J connectivity index is 2.58. The summed E-state index contributed by atoms with van der Waals surface area (Å²) in [7, 11) is 1.61. The molecule has 1 aromatic carbocycles. The SMILES string of the molecule is CCNC(=O)NC(=O)C(C)N[C@@H](C)c1cccc(OC)c1. The lowest BCUT2D eigenvalue weighted by molar-refractivity contribution is -0.121. The molecule has 3 N–H and O–H groups in total. The monoisotopic (exact) mass is 293 g/mol. The molecule has 21 heavy (non-hydrogen) atoms. The summed E-state index contributed by atoms with van der Waals surface area (Å²) in [5, 5.41) is 7.95. The van der Waals surface area contributed by atoms with Crippen molar-refractivity contribution in [2.24, 2.45) is 0 Å². The minimum atomic E-state index is -0.492. The maximum absolute atomic E-state index is 11.9. The van der Waals surface area contributed by atoms with Gasteiger partial charge in [-0.25, -0.2) is 4.79 Å². The first-order chi connectivity index (χ1) is 9.97. The van der Waals surface area contributed by atoms with E-state index in [2.05, 4.69) is 16.0 Å². The predicted octanol–water partition coefficient (Wildman–Crippen LogP) is 1.58. The summed E-state index contributed by atoms with van der Waals surface area (Å²) < 4.78 is 5.18. The maximum atomic E-state index is 11.9. The van der Waals surface area contributed by atoms with Crippen LogP contribution in [0.15, 0.2) is 24.3 Å². The van der Waals surface area contributed by atoms with Crippen LogP contribution in [0.2, 0.25) is 0 Å². The normalized spacial score (nSPS) is 13.1. The fourth-order valence-corrected chi connectivity index (χ4v) is 1.88. The van der Waals surface area contributed by atoms with Crippen LogP contribution in [0, 0.1) is 0 Å². The van der Waals surface area contributed by atoms with Gasteiger partial charge in [-0.1, -0.05) is 12.1 Å². The smallest absolute Gasteiger partial charge is 0.321 e. The number of imide groups is 1. The van der Waals surface area contributed by atoms with E-state index in [1.165, 1.54) is 0 Å². The van der Waals surface area contributed by atoms with Gasteiger partial charge in [0.05, 0.1) is 13.2 Å². The van der Waals surface area contributed by atoms with E-state index >= 15 is 0 Å². The molecule has 0 fully saturated rings. The fourth-order valence-electron chi connectivity index (χ4n) is 1.88. The standard InChI is InChI=1S/C15H23N3O3/c1-5-16-15(20)18-14(19)11(3)17-10(2)12-7-6-8-13(9-12)21-4/h6-11,17H,5H2,1-4H3,(H2,16,18,19,20)/t10-,11?/m0/s1. The molecule has 0 heterocycles. The number of methoxy groups -OCH3 is 1. The van der Waals surface area contributed by atoms with E-state index in [1.807, 2.05) is 31.2 Å². The van der Waals surface area contributed by atoms with Crippen molar-refractivity contribution < 1.29 is 14.3 Å². The highest BCUT2D eigenvalue weighted by molar-refractivity contribution is 5.96. The maximum Gasteiger partial charge on any atom is 0.321 e. The Bertz CT molecular complexity index is 491. The van der Waals surface area contributed by atoms with Crippen LogP contribution >= 0.6 is 0 Å². The second-order valence-electron chi connectivity index (χ2n) is 4.74. The Kier molecular flexibility index (Phi) is 6.68. The van der Waals surface area contributed by atoms with Gasteiger partial charge in [0.15, 0.2) is 0 Å². The van der Waals surface area contributed by atoms with Crippen molar-refractivity contribution in [1.82, 2.24) is 16.0 Å². The number of carbonyl (C=O) groups is 2. The number of amides is 3. The van der Waals surface area contributed by atoms with E-state index in [4.69, 9.17) is 4.74 Å². The van der Waals surface area contributed by atoms with Crippen molar-refractivity contribution >= 4 is 11.9 Å². The van der Waals surface area contributed by atoms with Crippen LogP contribution in [0.25, 0.3) is 0 Å². The molecule has 0 saturated carbocycles. The minimum Gasteiger partial charge on any atom is -0.497 e. The summed E-state index contributed by atoms with van der Waals surface area (Å²) in [5.41, 5.74) is 1.01. The minimum absolute atomic E-state index is 0.0462. The second-order valence-corrected chi connectivity index (χ2v) is 4.74.